The van der Waals surface area contributed by atoms with Crippen LogP contribution in [0.3, 0.4) is 0 Å². The van der Waals surface area contributed by atoms with Gasteiger partial charge < -0.3 is 25.2 Å². The number of hydrogen-bond acceptors (Lipinski definition) is 5. The van der Waals surface area contributed by atoms with E-state index in [1.54, 1.807) is 13.0 Å². The van der Waals surface area contributed by atoms with Crippen LogP contribution in [-0.4, -0.2) is 38.3 Å². The van der Waals surface area contributed by atoms with Gasteiger partial charge in [0.2, 0.25) is 0 Å². The molecule has 112 valence electrons. The van der Waals surface area contributed by atoms with E-state index in [0.717, 1.165) is 0 Å². The number of carboxylic acid groups (broad SMARTS) is 1. The maximum absolute atomic E-state index is 11.7. The fraction of sp³-hybridized carbons (Fsp3) is 0.333. The number of nitrogens with one attached hydrogen (secondary N) is 3. The molecule has 0 aliphatic carbocycles. The van der Waals surface area contributed by atoms with Gasteiger partial charge in [0.15, 0.2) is 5.76 Å². The Morgan fingerprint density at radius 1 is 1.52 bits per heavy atom. The average Bonchev–Trinajstić information content (AvgIpc) is 3.07. The molecule has 2 heterocycles. The van der Waals surface area contributed by atoms with E-state index < -0.39 is 18.0 Å². The summed E-state index contributed by atoms with van der Waals surface area (Å²) in [4.78, 5) is 29.4. The number of rotatable bonds is 6. The monoisotopic (exact) mass is 293 g/mol. The summed E-state index contributed by atoms with van der Waals surface area (Å²) < 4.78 is 4.93. The Morgan fingerprint density at radius 3 is 2.90 bits per heavy atom. The highest BCUT2D eigenvalue weighted by Crippen LogP contribution is 2.02. The van der Waals surface area contributed by atoms with Gasteiger partial charge in [-0.05, 0) is 6.92 Å². The van der Waals surface area contributed by atoms with Crippen LogP contribution in [0, 0.1) is 6.92 Å². The van der Waals surface area contributed by atoms with E-state index in [2.05, 4.69) is 25.8 Å². The topological polar surface area (TPSA) is 133 Å². The van der Waals surface area contributed by atoms with Crippen LogP contribution in [0.25, 0.3) is 0 Å². The second-order valence-corrected chi connectivity index (χ2v) is 4.43. The van der Waals surface area contributed by atoms with Crippen LogP contribution in [0.1, 0.15) is 17.1 Å². The molecule has 0 saturated carbocycles. The van der Waals surface area contributed by atoms with Crippen molar-refractivity contribution >= 4 is 12.0 Å². The lowest BCUT2D eigenvalue weighted by Crippen LogP contribution is -2.46. The fourth-order valence-electron chi connectivity index (χ4n) is 1.69. The molecule has 0 radical (unpaired) electrons. The van der Waals surface area contributed by atoms with Gasteiger partial charge in [0, 0.05) is 24.4 Å². The Kier molecular flexibility index (Phi) is 4.54. The molecule has 0 aliphatic rings. The first-order valence-electron chi connectivity index (χ1n) is 6.21. The predicted octanol–water partition coefficient (Wildman–Crippen LogP) is 0.201. The number of carbonyl (C=O) groups is 2. The molecule has 4 N–H and O–H groups in total. The minimum absolute atomic E-state index is 0.115. The van der Waals surface area contributed by atoms with Crippen LogP contribution in [0.5, 0.6) is 0 Å². The highest BCUT2D eigenvalue weighted by molar-refractivity contribution is 5.82. The van der Waals surface area contributed by atoms with Crippen LogP contribution in [-0.2, 0) is 17.8 Å². The minimum atomic E-state index is -1.13. The number of amides is 2. The minimum Gasteiger partial charge on any atom is -0.480 e. The van der Waals surface area contributed by atoms with Crippen molar-refractivity contribution in [2.45, 2.75) is 25.9 Å². The second kappa shape index (κ2) is 6.55. The largest absolute Gasteiger partial charge is 0.480 e. The lowest BCUT2D eigenvalue weighted by molar-refractivity contribution is -0.139. The first kappa shape index (κ1) is 14.6. The number of urea groups is 1. The normalized spacial score (nSPS) is 11.9. The SMILES string of the molecule is Cc1cc(CNC(=O)NC(Cc2cnc[nH]2)C(=O)O)on1. The summed E-state index contributed by atoms with van der Waals surface area (Å²) in [5.41, 5.74) is 1.32. The average molecular weight is 293 g/mol. The number of carbonyl (C=O) groups excluding carboxylic acids is 1. The summed E-state index contributed by atoms with van der Waals surface area (Å²) in [5.74, 6) is -0.640. The number of aliphatic carboxylic acids is 1. The Hall–Kier alpha value is -2.84. The number of aryl methyl sites for hydroxylation is 1. The van der Waals surface area contributed by atoms with Crippen molar-refractivity contribution in [2.75, 3.05) is 0 Å². The Morgan fingerprint density at radius 2 is 2.33 bits per heavy atom. The quantitative estimate of drug-likeness (QED) is 0.601. The molecule has 2 aromatic rings. The smallest absolute Gasteiger partial charge is 0.326 e. The molecule has 0 fully saturated rings. The molecule has 0 spiro atoms. The molecule has 2 amide bonds. The molecule has 0 saturated heterocycles. The summed E-state index contributed by atoms with van der Waals surface area (Å²) in [6.45, 7) is 1.89. The Balaban J connectivity index is 1.84. The Bertz CT molecular complexity index is 607. The molecule has 0 aromatic carbocycles. The molecular formula is C12H15N5O4. The molecule has 0 bridgehead atoms. The van der Waals surface area contributed by atoms with Crippen molar-refractivity contribution in [3.63, 3.8) is 0 Å². The first-order valence-corrected chi connectivity index (χ1v) is 6.21. The number of imidazole rings is 1. The van der Waals surface area contributed by atoms with Crippen molar-refractivity contribution in [2.24, 2.45) is 0 Å². The summed E-state index contributed by atoms with van der Waals surface area (Å²) in [6.07, 6.45) is 3.07. The first-order chi connectivity index (χ1) is 10.0. The fourth-order valence-corrected chi connectivity index (χ4v) is 1.69. The molecule has 9 nitrogen and oxygen atoms in total. The number of aromatic nitrogens is 3. The van der Waals surface area contributed by atoms with Crippen LogP contribution in [0.15, 0.2) is 23.1 Å². The number of H-pyrrole nitrogens is 1. The summed E-state index contributed by atoms with van der Waals surface area (Å²) in [7, 11) is 0. The van der Waals surface area contributed by atoms with Crippen LogP contribution < -0.4 is 10.6 Å². The van der Waals surface area contributed by atoms with Gasteiger partial charge in [0.25, 0.3) is 0 Å². The predicted molar refractivity (Wildman–Crippen MR) is 70.3 cm³/mol. The molecular weight excluding hydrogens is 278 g/mol. The van der Waals surface area contributed by atoms with Crippen LogP contribution in [0.4, 0.5) is 4.79 Å². The number of nitrogens with zero attached hydrogens (tertiary/aromatic N) is 2. The van der Waals surface area contributed by atoms with E-state index in [-0.39, 0.29) is 13.0 Å². The maximum atomic E-state index is 11.7. The lowest BCUT2D eigenvalue weighted by atomic mass is 10.2. The summed E-state index contributed by atoms with van der Waals surface area (Å²) in [5, 5.41) is 17.7. The summed E-state index contributed by atoms with van der Waals surface area (Å²) >= 11 is 0. The van der Waals surface area contributed by atoms with Crippen molar-refractivity contribution in [3.8, 4) is 0 Å². The van der Waals surface area contributed by atoms with Crippen molar-refractivity contribution in [1.82, 2.24) is 25.8 Å². The van der Waals surface area contributed by atoms with Crippen molar-refractivity contribution in [1.29, 1.82) is 0 Å². The maximum Gasteiger partial charge on any atom is 0.326 e. The van der Waals surface area contributed by atoms with Crippen LogP contribution >= 0.6 is 0 Å². The standard InChI is InChI=1S/C12H15N5O4/c1-7-2-9(21-17-7)5-14-12(20)16-10(11(18)19)3-8-4-13-6-15-8/h2,4,6,10H,3,5H2,1H3,(H,13,15)(H,18,19)(H2,14,16,20). The van der Waals surface area contributed by atoms with Crippen molar-refractivity contribution in [3.05, 3.63) is 35.7 Å². The van der Waals surface area contributed by atoms with Crippen molar-refractivity contribution < 1.29 is 19.2 Å². The van der Waals surface area contributed by atoms with Gasteiger partial charge in [-0.25, -0.2) is 14.6 Å². The summed E-state index contributed by atoms with van der Waals surface area (Å²) in [6, 6.07) is 0.0254. The molecule has 9 heteroatoms. The molecule has 2 rings (SSSR count). The van der Waals surface area contributed by atoms with Gasteiger partial charge in [0.1, 0.15) is 6.04 Å². The number of carboxylic acids is 1. The zero-order valence-electron chi connectivity index (χ0n) is 11.3. The third-order valence-electron chi connectivity index (χ3n) is 2.68. The van der Waals surface area contributed by atoms with Crippen LogP contribution in [0.2, 0.25) is 0 Å². The third kappa shape index (κ3) is 4.34. The van der Waals surface area contributed by atoms with Gasteiger partial charge >= 0.3 is 12.0 Å². The zero-order valence-corrected chi connectivity index (χ0v) is 11.3. The van der Waals surface area contributed by atoms with E-state index in [0.29, 0.717) is 17.1 Å². The van der Waals surface area contributed by atoms with E-state index in [1.807, 2.05) is 0 Å². The molecule has 2 aromatic heterocycles. The van der Waals surface area contributed by atoms with Gasteiger partial charge in [-0.2, -0.15) is 0 Å². The molecule has 1 unspecified atom stereocenters. The molecule has 1 atom stereocenters. The van der Waals surface area contributed by atoms with E-state index in [4.69, 9.17) is 9.63 Å². The van der Waals surface area contributed by atoms with E-state index in [1.165, 1.54) is 12.5 Å². The van der Waals surface area contributed by atoms with Gasteiger partial charge in [-0.3, -0.25) is 0 Å². The Labute approximate surface area is 119 Å². The third-order valence-corrected chi connectivity index (χ3v) is 2.68. The number of hydrogen-bond donors (Lipinski definition) is 4. The highest BCUT2D eigenvalue weighted by Gasteiger charge is 2.21. The molecule has 21 heavy (non-hydrogen) atoms. The highest BCUT2D eigenvalue weighted by atomic mass is 16.5. The van der Waals surface area contributed by atoms with E-state index in [9.17, 15) is 9.59 Å². The zero-order chi connectivity index (χ0) is 15.2. The van der Waals surface area contributed by atoms with Gasteiger partial charge in [0.05, 0.1) is 18.6 Å². The van der Waals surface area contributed by atoms with E-state index >= 15 is 0 Å². The van der Waals surface area contributed by atoms with Gasteiger partial charge in [-0.15, -0.1) is 0 Å². The van der Waals surface area contributed by atoms with Gasteiger partial charge in [-0.1, -0.05) is 5.16 Å². The number of aromatic amines is 1. The molecule has 0 aliphatic heterocycles. The second-order valence-electron chi connectivity index (χ2n) is 4.43. The lowest BCUT2D eigenvalue weighted by Gasteiger charge is -2.13.